The zero-order chi connectivity index (χ0) is 15.0. The number of hydroxylamine groups is 2. The third-order valence-electron chi connectivity index (χ3n) is 3.92. The minimum Gasteiger partial charge on any atom is -0.333 e. The topological polar surface area (TPSA) is 31.3 Å². The van der Waals surface area contributed by atoms with Gasteiger partial charge in [-0.2, -0.15) is 11.8 Å². The second-order valence-electron chi connectivity index (χ2n) is 5.37. The number of fused-ring (bicyclic) bond motifs is 2. The standard InChI is InChI=1S/C15H22N4OS/c1-5-6-17-8-11(2)14(21-4)13-15(17)19-10-18(20-3)9-12(19)7-16-13/h7-9,14H,5-6,10H2,1-4H3. The van der Waals surface area contributed by atoms with Crippen LogP contribution in [0, 0.1) is 0 Å². The van der Waals surface area contributed by atoms with E-state index >= 15 is 0 Å². The average molecular weight is 306 g/mol. The Labute approximate surface area is 130 Å². The molecule has 0 aliphatic carbocycles. The number of nitrogens with zero attached hydrogens (tertiary/aromatic N) is 4. The van der Waals surface area contributed by atoms with Crippen molar-refractivity contribution in [3.05, 3.63) is 35.2 Å². The first-order valence-electron chi connectivity index (χ1n) is 7.25. The molecule has 0 bridgehead atoms. The normalized spacial score (nSPS) is 24.2. The quantitative estimate of drug-likeness (QED) is 0.797. The van der Waals surface area contributed by atoms with Gasteiger partial charge in [-0.25, -0.2) is 5.06 Å². The predicted octanol–water partition coefficient (Wildman–Crippen LogP) is 2.58. The predicted molar refractivity (Wildman–Crippen MR) is 87.2 cm³/mol. The number of aliphatic imine (C=N–C) groups is 1. The molecule has 3 heterocycles. The lowest BCUT2D eigenvalue weighted by Gasteiger charge is -2.40. The molecule has 3 rings (SSSR count). The van der Waals surface area contributed by atoms with Crippen molar-refractivity contribution in [1.29, 1.82) is 0 Å². The SMILES string of the molecule is CCCN1C=C(C)C(SC)C2=C1N1CN(OC)C=C1C=N2. The fraction of sp³-hybridized carbons (Fsp3) is 0.533. The summed E-state index contributed by atoms with van der Waals surface area (Å²) in [4.78, 5) is 14.7. The van der Waals surface area contributed by atoms with Gasteiger partial charge in [-0.05, 0) is 25.2 Å². The molecule has 1 unspecified atom stereocenters. The van der Waals surface area contributed by atoms with Crippen molar-refractivity contribution >= 4 is 18.0 Å². The van der Waals surface area contributed by atoms with Gasteiger partial charge >= 0.3 is 0 Å². The Morgan fingerprint density at radius 2 is 2.24 bits per heavy atom. The lowest BCUT2D eigenvalue weighted by Crippen LogP contribution is -2.40. The van der Waals surface area contributed by atoms with E-state index in [1.165, 1.54) is 11.4 Å². The van der Waals surface area contributed by atoms with Crippen LogP contribution in [0.25, 0.3) is 0 Å². The maximum absolute atomic E-state index is 5.34. The Balaban J connectivity index is 2.01. The summed E-state index contributed by atoms with van der Waals surface area (Å²) in [5.74, 6) is 1.20. The van der Waals surface area contributed by atoms with Gasteiger partial charge < -0.3 is 9.80 Å². The van der Waals surface area contributed by atoms with Crippen molar-refractivity contribution in [2.75, 3.05) is 26.6 Å². The van der Waals surface area contributed by atoms with E-state index in [0.29, 0.717) is 11.9 Å². The summed E-state index contributed by atoms with van der Waals surface area (Å²) in [6, 6.07) is 0. The van der Waals surface area contributed by atoms with Crippen LogP contribution in [0.15, 0.2) is 40.2 Å². The number of rotatable bonds is 4. The Hall–Kier alpha value is -1.40. The molecule has 0 spiro atoms. The number of allylic oxidation sites excluding steroid dienone is 1. The van der Waals surface area contributed by atoms with E-state index in [1.54, 1.807) is 7.11 Å². The molecule has 0 aromatic heterocycles. The van der Waals surface area contributed by atoms with Gasteiger partial charge in [0.15, 0.2) is 0 Å². The maximum Gasteiger partial charge on any atom is 0.138 e. The van der Waals surface area contributed by atoms with Crippen molar-refractivity contribution in [1.82, 2.24) is 14.9 Å². The lowest BCUT2D eigenvalue weighted by atomic mass is 10.1. The Morgan fingerprint density at radius 3 is 2.90 bits per heavy atom. The molecule has 3 aliphatic heterocycles. The van der Waals surface area contributed by atoms with Crippen LogP contribution < -0.4 is 0 Å². The smallest absolute Gasteiger partial charge is 0.138 e. The molecule has 0 aromatic carbocycles. The van der Waals surface area contributed by atoms with Crippen molar-refractivity contribution in [2.45, 2.75) is 25.5 Å². The first-order chi connectivity index (χ1) is 10.2. The summed E-state index contributed by atoms with van der Waals surface area (Å²) < 4.78 is 0. The zero-order valence-electron chi connectivity index (χ0n) is 13.0. The van der Waals surface area contributed by atoms with Gasteiger partial charge in [0.1, 0.15) is 12.5 Å². The van der Waals surface area contributed by atoms with Crippen LogP contribution in [-0.2, 0) is 4.84 Å². The molecule has 0 saturated heterocycles. The summed E-state index contributed by atoms with van der Waals surface area (Å²) in [6.45, 7) is 6.12. The van der Waals surface area contributed by atoms with Crippen LogP contribution in [0.3, 0.4) is 0 Å². The summed E-state index contributed by atoms with van der Waals surface area (Å²) in [5.41, 5.74) is 3.61. The molecule has 3 aliphatic rings. The van der Waals surface area contributed by atoms with Gasteiger partial charge in [0.2, 0.25) is 0 Å². The maximum atomic E-state index is 5.34. The average Bonchev–Trinajstić information content (AvgIpc) is 2.90. The first-order valence-corrected chi connectivity index (χ1v) is 8.54. The van der Waals surface area contributed by atoms with Crippen LogP contribution in [0.2, 0.25) is 0 Å². The van der Waals surface area contributed by atoms with Crippen molar-refractivity contribution < 1.29 is 4.84 Å². The van der Waals surface area contributed by atoms with E-state index in [-0.39, 0.29) is 0 Å². The van der Waals surface area contributed by atoms with E-state index in [9.17, 15) is 0 Å². The van der Waals surface area contributed by atoms with Crippen LogP contribution >= 0.6 is 11.8 Å². The van der Waals surface area contributed by atoms with E-state index < -0.39 is 0 Å². The minimum atomic E-state index is 0.336. The number of hydrogen-bond donors (Lipinski definition) is 0. The Bertz CT molecular complexity index is 552. The van der Waals surface area contributed by atoms with Crippen LogP contribution in [0.5, 0.6) is 0 Å². The van der Waals surface area contributed by atoms with E-state index in [2.05, 4.69) is 36.1 Å². The van der Waals surface area contributed by atoms with Gasteiger partial charge in [0.05, 0.1) is 36.2 Å². The van der Waals surface area contributed by atoms with Gasteiger partial charge in [-0.3, -0.25) is 9.83 Å². The van der Waals surface area contributed by atoms with Gasteiger partial charge in [-0.1, -0.05) is 6.92 Å². The third-order valence-corrected chi connectivity index (χ3v) is 4.98. The van der Waals surface area contributed by atoms with Crippen molar-refractivity contribution in [2.24, 2.45) is 4.99 Å². The molecule has 6 heteroatoms. The molecule has 0 radical (unpaired) electrons. The number of thioether (sulfide) groups is 1. The van der Waals surface area contributed by atoms with Gasteiger partial charge in [-0.15, -0.1) is 0 Å². The first kappa shape index (κ1) is 14.5. The summed E-state index contributed by atoms with van der Waals surface area (Å²) in [6.07, 6.45) is 9.47. The van der Waals surface area contributed by atoms with Crippen LogP contribution in [0.4, 0.5) is 0 Å². The summed E-state index contributed by atoms with van der Waals surface area (Å²) in [5, 5.41) is 2.17. The second-order valence-corrected chi connectivity index (χ2v) is 6.32. The largest absolute Gasteiger partial charge is 0.333 e. The Kier molecular flexibility index (Phi) is 3.99. The highest BCUT2D eigenvalue weighted by atomic mass is 32.2. The molecule has 0 saturated carbocycles. The van der Waals surface area contributed by atoms with E-state index in [4.69, 9.17) is 9.83 Å². The highest BCUT2D eigenvalue weighted by Gasteiger charge is 2.36. The van der Waals surface area contributed by atoms with Crippen LogP contribution in [-0.4, -0.2) is 52.9 Å². The molecular weight excluding hydrogens is 284 g/mol. The van der Waals surface area contributed by atoms with Crippen LogP contribution in [0.1, 0.15) is 20.3 Å². The van der Waals surface area contributed by atoms with Gasteiger partial charge in [0.25, 0.3) is 0 Å². The fourth-order valence-electron chi connectivity index (χ4n) is 3.00. The zero-order valence-corrected chi connectivity index (χ0v) is 13.9. The summed E-state index contributed by atoms with van der Waals surface area (Å²) in [7, 11) is 1.70. The molecular formula is C15H22N4OS. The van der Waals surface area contributed by atoms with Gasteiger partial charge in [0, 0.05) is 12.7 Å². The molecule has 5 nitrogen and oxygen atoms in total. The monoisotopic (exact) mass is 306 g/mol. The molecule has 0 aromatic rings. The summed E-state index contributed by atoms with van der Waals surface area (Å²) >= 11 is 1.84. The molecule has 114 valence electrons. The van der Waals surface area contributed by atoms with Crippen molar-refractivity contribution in [3.8, 4) is 0 Å². The Morgan fingerprint density at radius 1 is 1.43 bits per heavy atom. The van der Waals surface area contributed by atoms with Crippen molar-refractivity contribution in [3.63, 3.8) is 0 Å². The molecule has 1 atom stereocenters. The molecule has 0 amide bonds. The van der Waals surface area contributed by atoms with E-state index in [1.807, 2.05) is 29.2 Å². The molecule has 21 heavy (non-hydrogen) atoms. The molecule has 0 fully saturated rings. The number of hydrogen-bond acceptors (Lipinski definition) is 6. The fourth-order valence-corrected chi connectivity index (χ4v) is 3.82. The highest BCUT2D eigenvalue weighted by molar-refractivity contribution is 7.99. The highest BCUT2D eigenvalue weighted by Crippen LogP contribution is 2.39. The minimum absolute atomic E-state index is 0.336. The third kappa shape index (κ3) is 2.36. The lowest BCUT2D eigenvalue weighted by molar-refractivity contribution is -0.0967. The van der Waals surface area contributed by atoms with E-state index in [0.717, 1.165) is 24.4 Å². The second kappa shape index (κ2) is 5.77. The molecule has 0 N–H and O–H groups in total.